The topological polar surface area (TPSA) is 41.9 Å². The molecule has 3 aromatic rings. The van der Waals surface area contributed by atoms with E-state index in [9.17, 15) is 5.11 Å². The molecular weight excluding hydrogens is 458 g/mol. The normalized spacial score (nSPS) is 21.8. The summed E-state index contributed by atoms with van der Waals surface area (Å²) in [5, 5.41) is 10.2. The molecule has 0 amide bonds. The van der Waals surface area contributed by atoms with Gasteiger partial charge < -0.3 is 19.5 Å². The molecule has 4 heteroatoms. The zero-order valence-corrected chi connectivity index (χ0v) is 22.2. The SMILES string of the molecule is COC(OC)C1CCN(c2ccc([C@H]3c4ccc(O)cc4CC[C@H]3c3ccc4c(c3)CCC4)cc2)CC1. The molecule has 3 aromatic carbocycles. The summed E-state index contributed by atoms with van der Waals surface area (Å²) in [4.78, 5) is 2.49. The van der Waals surface area contributed by atoms with Crippen molar-refractivity contribution in [2.45, 2.75) is 63.1 Å². The van der Waals surface area contributed by atoms with Crippen molar-refractivity contribution in [3.63, 3.8) is 0 Å². The molecule has 1 heterocycles. The summed E-state index contributed by atoms with van der Waals surface area (Å²) in [5.74, 6) is 1.57. The van der Waals surface area contributed by atoms with Gasteiger partial charge in [-0.15, -0.1) is 0 Å². The number of aryl methyl sites for hydroxylation is 3. The number of aromatic hydroxyl groups is 1. The number of piperidine rings is 1. The molecule has 1 fully saturated rings. The van der Waals surface area contributed by atoms with Crippen LogP contribution in [0.2, 0.25) is 0 Å². The van der Waals surface area contributed by atoms with Crippen molar-refractivity contribution in [1.82, 2.24) is 0 Å². The van der Waals surface area contributed by atoms with Gasteiger partial charge >= 0.3 is 0 Å². The Kier molecular flexibility index (Phi) is 6.96. The molecular formula is C33H39NO3. The lowest BCUT2D eigenvalue weighted by Gasteiger charge is -2.37. The van der Waals surface area contributed by atoms with Crippen molar-refractivity contribution in [3.8, 4) is 5.75 Å². The highest BCUT2D eigenvalue weighted by molar-refractivity contribution is 5.53. The zero-order valence-electron chi connectivity index (χ0n) is 22.2. The molecule has 0 unspecified atom stereocenters. The maximum atomic E-state index is 10.2. The average Bonchev–Trinajstić information content (AvgIpc) is 3.42. The fourth-order valence-corrected chi connectivity index (χ4v) is 7.20. The third kappa shape index (κ3) is 4.78. The smallest absolute Gasteiger partial charge is 0.159 e. The minimum Gasteiger partial charge on any atom is -0.508 e. The van der Waals surface area contributed by atoms with Crippen LogP contribution in [-0.4, -0.2) is 38.7 Å². The first-order valence-corrected chi connectivity index (χ1v) is 14.0. The number of anilines is 1. The quantitative estimate of drug-likeness (QED) is 0.391. The van der Waals surface area contributed by atoms with Gasteiger partial charge in [0.25, 0.3) is 0 Å². The van der Waals surface area contributed by atoms with E-state index in [0.717, 1.165) is 38.8 Å². The molecule has 0 bridgehead atoms. The molecule has 1 saturated heterocycles. The minimum absolute atomic E-state index is 0.105. The van der Waals surface area contributed by atoms with Gasteiger partial charge in [-0.25, -0.2) is 0 Å². The summed E-state index contributed by atoms with van der Waals surface area (Å²) >= 11 is 0. The van der Waals surface area contributed by atoms with Gasteiger partial charge in [-0.3, -0.25) is 0 Å². The molecule has 194 valence electrons. The van der Waals surface area contributed by atoms with Crippen LogP contribution in [0.4, 0.5) is 5.69 Å². The number of rotatable bonds is 6. The maximum Gasteiger partial charge on any atom is 0.159 e. The fourth-order valence-electron chi connectivity index (χ4n) is 7.20. The van der Waals surface area contributed by atoms with Crippen molar-refractivity contribution in [2.75, 3.05) is 32.2 Å². The van der Waals surface area contributed by atoms with E-state index < -0.39 is 0 Å². The van der Waals surface area contributed by atoms with E-state index in [-0.39, 0.29) is 6.29 Å². The summed E-state index contributed by atoms with van der Waals surface area (Å²) in [5.41, 5.74) is 9.89. The van der Waals surface area contributed by atoms with Crippen LogP contribution in [0.15, 0.2) is 60.7 Å². The number of methoxy groups -OCH3 is 2. The first kappa shape index (κ1) is 24.5. The van der Waals surface area contributed by atoms with E-state index in [1.807, 2.05) is 12.1 Å². The fraction of sp³-hybridized carbons (Fsp3) is 0.455. The molecule has 0 aromatic heterocycles. The van der Waals surface area contributed by atoms with Gasteiger partial charge in [-0.05, 0) is 109 Å². The van der Waals surface area contributed by atoms with Gasteiger partial charge in [0.2, 0.25) is 0 Å². The van der Waals surface area contributed by atoms with E-state index in [1.54, 1.807) is 19.8 Å². The molecule has 2 aliphatic carbocycles. The molecule has 0 saturated carbocycles. The van der Waals surface area contributed by atoms with Gasteiger partial charge in [0.1, 0.15) is 5.75 Å². The first-order chi connectivity index (χ1) is 18.1. The van der Waals surface area contributed by atoms with Crippen LogP contribution in [0, 0.1) is 5.92 Å². The molecule has 3 aliphatic rings. The van der Waals surface area contributed by atoms with Crippen LogP contribution >= 0.6 is 0 Å². The Morgan fingerprint density at radius 2 is 1.49 bits per heavy atom. The van der Waals surface area contributed by atoms with Crippen LogP contribution in [0.1, 0.15) is 70.9 Å². The Labute approximate surface area is 221 Å². The highest BCUT2D eigenvalue weighted by Crippen LogP contribution is 2.47. The molecule has 6 rings (SSSR count). The predicted octanol–water partition coefficient (Wildman–Crippen LogP) is 6.58. The average molecular weight is 498 g/mol. The van der Waals surface area contributed by atoms with Gasteiger partial charge in [0.15, 0.2) is 6.29 Å². The predicted molar refractivity (Wildman–Crippen MR) is 149 cm³/mol. The largest absolute Gasteiger partial charge is 0.508 e. The number of fused-ring (bicyclic) bond motifs is 2. The van der Waals surface area contributed by atoms with Crippen molar-refractivity contribution in [2.24, 2.45) is 5.92 Å². The molecule has 1 N–H and O–H groups in total. The molecule has 0 spiro atoms. The van der Waals surface area contributed by atoms with E-state index >= 15 is 0 Å². The van der Waals surface area contributed by atoms with Crippen LogP contribution in [-0.2, 0) is 28.7 Å². The highest BCUT2D eigenvalue weighted by Gasteiger charge is 2.33. The molecule has 0 radical (unpaired) electrons. The second-order valence-corrected chi connectivity index (χ2v) is 11.1. The van der Waals surface area contributed by atoms with Crippen LogP contribution in [0.5, 0.6) is 5.75 Å². The monoisotopic (exact) mass is 497 g/mol. The van der Waals surface area contributed by atoms with Gasteiger partial charge in [0, 0.05) is 44.8 Å². The second-order valence-electron chi connectivity index (χ2n) is 11.1. The summed E-state index contributed by atoms with van der Waals surface area (Å²) in [6.45, 7) is 2.05. The van der Waals surface area contributed by atoms with Crippen molar-refractivity contribution in [3.05, 3.63) is 94.0 Å². The van der Waals surface area contributed by atoms with E-state index in [4.69, 9.17) is 9.47 Å². The number of hydrogen-bond acceptors (Lipinski definition) is 4. The molecule has 2 atom stereocenters. The van der Waals surface area contributed by atoms with Crippen molar-refractivity contribution in [1.29, 1.82) is 0 Å². The lowest BCUT2D eigenvalue weighted by Crippen LogP contribution is -2.39. The summed E-state index contributed by atoms with van der Waals surface area (Å²) < 4.78 is 11.0. The summed E-state index contributed by atoms with van der Waals surface area (Å²) in [7, 11) is 3.47. The Morgan fingerprint density at radius 3 is 2.24 bits per heavy atom. The summed E-state index contributed by atoms with van der Waals surface area (Å²) in [6.07, 6.45) is 7.89. The molecule has 37 heavy (non-hydrogen) atoms. The van der Waals surface area contributed by atoms with Gasteiger partial charge in [-0.2, -0.15) is 0 Å². The Bertz CT molecular complexity index is 1220. The first-order valence-electron chi connectivity index (χ1n) is 14.0. The Morgan fingerprint density at radius 1 is 0.757 bits per heavy atom. The minimum atomic E-state index is -0.105. The van der Waals surface area contributed by atoms with E-state index in [0.29, 0.717) is 23.5 Å². The van der Waals surface area contributed by atoms with Crippen molar-refractivity contribution >= 4 is 5.69 Å². The van der Waals surface area contributed by atoms with E-state index in [2.05, 4.69) is 53.4 Å². The van der Waals surface area contributed by atoms with Crippen LogP contribution in [0.25, 0.3) is 0 Å². The lowest BCUT2D eigenvalue weighted by molar-refractivity contribution is -0.141. The number of benzene rings is 3. The highest BCUT2D eigenvalue weighted by atomic mass is 16.7. The number of phenolic OH excluding ortho intramolecular Hbond substituents is 1. The molecule has 1 aliphatic heterocycles. The lowest BCUT2D eigenvalue weighted by atomic mass is 9.69. The summed E-state index contributed by atoms with van der Waals surface area (Å²) in [6, 6.07) is 22.6. The Balaban J connectivity index is 1.28. The zero-order chi connectivity index (χ0) is 25.4. The number of nitrogens with zero attached hydrogens (tertiary/aromatic N) is 1. The molecule has 4 nitrogen and oxygen atoms in total. The second kappa shape index (κ2) is 10.5. The number of ether oxygens (including phenoxy) is 2. The van der Waals surface area contributed by atoms with Gasteiger partial charge in [0.05, 0.1) is 0 Å². The Hall–Kier alpha value is -2.82. The standard InChI is InChI=1S/C33H39NO3/c1-36-33(37-2)24-16-18-34(19-17-24)28-11-8-23(9-12-28)32-30(14-10-27-21-29(35)13-15-31(27)32)26-7-6-22-4-3-5-25(22)20-26/h6-9,11-13,15,20-21,24,30,32-33,35H,3-5,10,14,16-19H2,1-2H3/t30-,32+/m0/s1. The van der Waals surface area contributed by atoms with Crippen LogP contribution in [0.3, 0.4) is 0 Å². The van der Waals surface area contributed by atoms with Crippen molar-refractivity contribution < 1.29 is 14.6 Å². The third-order valence-electron chi connectivity index (χ3n) is 9.15. The van der Waals surface area contributed by atoms with Gasteiger partial charge in [-0.1, -0.05) is 36.4 Å². The van der Waals surface area contributed by atoms with Crippen LogP contribution < -0.4 is 4.90 Å². The number of phenols is 1. The third-order valence-corrected chi connectivity index (χ3v) is 9.15. The maximum absolute atomic E-state index is 10.2. The van der Waals surface area contributed by atoms with E-state index in [1.165, 1.54) is 52.8 Å². The number of hydrogen-bond donors (Lipinski definition) is 1.